The number of para-hydroxylation sites is 2. The van der Waals surface area contributed by atoms with E-state index in [4.69, 9.17) is 4.42 Å². The lowest BCUT2D eigenvalue weighted by atomic mass is 9.85. The molecule has 292 valence electrons. The third-order valence-electron chi connectivity index (χ3n) is 13.3. The minimum Gasteiger partial charge on any atom is -0.455 e. The highest BCUT2D eigenvalue weighted by molar-refractivity contribution is 6.22. The minimum absolute atomic E-state index is 0.921. The number of benzene rings is 12. The number of hydrogen-bond donors (Lipinski definition) is 0. The van der Waals surface area contributed by atoms with Crippen molar-refractivity contribution in [3.8, 4) is 55.6 Å². The van der Waals surface area contributed by atoms with Crippen molar-refractivity contribution in [2.75, 3.05) is 0 Å². The van der Waals surface area contributed by atoms with Crippen LogP contribution in [0.3, 0.4) is 0 Å². The molecule has 1 heterocycles. The van der Waals surface area contributed by atoms with Crippen LogP contribution < -0.4 is 0 Å². The topological polar surface area (TPSA) is 13.1 Å². The van der Waals surface area contributed by atoms with Crippen LogP contribution >= 0.6 is 0 Å². The van der Waals surface area contributed by atoms with Crippen LogP contribution in [0, 0.1) is 0 Å². The van der Waals surface area contributed by atoms with Crippen molar-refractivity contribution in [1.29, 1.82) is 0 Å². The van der Waals surface area contributed by atoms with Gasteiger partial charge < -0.3 is 4.42 Å². The fraction of sp³-hybridized carbons (Fsp3) is 0. The van der Waals surface area contributed by atoms with Crippen molar-refractivity contribution in [3.05, 3.63) is 231 Å². The first-order chi connectivity index (χ1) is 31.2. The van der Waals surface area contributed by atoms with Crippen LogP contribution in [0.1, 0.15) is 0 Å². The fourth-order valence-corrected chi connectivity index (χ4v) is 10.2. The first-order valence-corrected chi connectivity index (χ1v) is 21.7. The quantitative estimate of drug-likeness (QED) is 0.125. The van der Waals surface area contributed by atoms with E-state index in [9.17, 15) is 0 Å². The van der Waals surface area contributed by atoms with E-state index >= 15 is 0 Å². The zero-order valence-electron chi connectivity index (χ0n) is 34.3. The second-order valence-corrected chi connectivity index (χ2v) is 16.7. The van der Waals surface area contributed by atoms with E-state index in [-0.39, 0.29) is 0 Å². The third kappa shape index (κ3) is 5.71. The fourth-order valence-electron chi connectivity index (χ4n) is 10.2. The van der Waals surface area contributed by atoms with E-state index in [1.807, 2.05) is 12.1 Å². The molecule has 0 spiro atoms. The molecule has 0 saturated carbocycles. The molecule has 0 N–H and O–H groups in total. The number of rotatable bonds is 5. The molecular formula is C62H38O. The molecule has 0 bridgehead atoms. The summed E-state index contributed by atoms with van der Waals surface area (Å²) in [7, 11) is 0. The summed E-state index contributed by atoms with van der Waals surface area (Å²) in [6.45, 7) is 0. The van der Waals surface area contributed by atoms with Crippen molar-refractivity contribution >= 4 is 75.8 Å². The maximum atomic E-state index is 6.40. The standard InChI is InChI=1S/C62H38O/c1-2-11-39(12-3-1)40-21-25-42(26-22-40)60-54-14-4-6-16-56(54)61(57-17-7-5-15-55(57)60)43-27-23-41(24-28-43)44-29-33-48-45(37-44)31-35-52-49-34-30-47(38-46(49)32-36-51(48)52)50-18-10-19-58-53-13-8-9-20-59(53)63-62(50)58/h1-38H. The molecule has 13 aromatic rings. The summed E-state index contributed by atoms with van der Waals surface area (Å²) in [5.41, 5.74) is 14.0. The highest BCUT2D eigenvalue weighted by atomic mass is 16.3. The maximum Gasteiger partial charge on any atom is 0.143 e. The molecule has 0 aliphatic carbocycles. The zero-order chi connectivity index (χ0) is 41.4. The molecule has 0 fully saturated rings. The Kier molecular flexibility index (Phi) is 7.98. The summed E-state index contributed by atoms with van der Waals surface area (Å²) in [5, 5.41) is 14.9. The lowest BCUT2D eigenvalue weighted by molar-refractivity contribution is 0.670. The van der Waals surface area contributed by atoms with E-state index in [1.54, 1.807) is 0 Å². The first-order valence-electron chi connectivity index (χ1n) is 21.7. The Bertz CT molecular complexity index is 3870. The summed E-state index contributed by atoms with van der Waals surface area (Å²) < 4.78 is 6.40. The Balaban J connectivity index is 0.852. The van der Waals surface area contributed by atoms with Gasteiger partial charge in [-0.2, -0.15) is 0 Å². The van der Waals surface area contributed by atoms with Crippen LogP contribution in [0.5, 0.6) is 0 Å². The molecule has 12 aromatic carbocycles. The Morgan fingerprint density at radius 3 is 1.22 bits per heavy atom. The van der Waals surface area contributed by atoms with Crippen LogP contribution in [0.15, 0.2) is 235 Å². The molecule has 0 atom stereocenters. The number of furan rings is 1. The highest BCUT2D eigenvalue weighted by Gasteiger charge is 2.18. The molecule has 0 aliphatic heterocycles. The molecule has 13 rings (SSSR count). The third-order valence-corrected chi connectivity index (χ3v) is 13.3. The Hall–Kier alpha value is -8.26. The van der Waals surface area contributed by atoms with Crippen LogP contribution in [0.25, 0.3) is 131 Å². The number of fused-ring (bicyclic) bond motifs is 10. The summed E-state index contributed by atoms with van der Waals surface area (Å²) >= 11 is 0. The van der Waals surface area contributed by atoms with Gasteiger partial charge in [0.15, 0.2) is 0 Å². The summed E-state index contributed by atoms with van der Waals surface area (Å²) in [4.78, 5) is 0. The van der Waals surface area contributed by atoms with Gasteiger partial charge in [0.25, 0.3) is 0 Å². The van der Waals surface area contributed by atoms with Gasteiger partial charge in [0, 0.05) is 16.3 Å². The van der Waals surface area contributed by atoms with E-state index in [2.05, 4.69) is 218 Å². The van der Waals surface area contributed by atoms with Gasteiger partial charge in [0.2, 0.25) is 0 Å². The summed E-state index contributed by atoms with van der Waals surface area (Å²) in [5.74, 6) is 0. The Morgan fingerprint density at radius 2 is 0.635 bits per heavy atom. The van der Waals surface area contributed by atoms with Crippen molar-refractivity contribution in [2.24, 2.45) is 0 Å². The van der Waals surface area contributed by atoms with Crippen LogP contribution in [0.2, 0.25) is 0 Å². The molecule has 0 unspecified atom stereocenters. The zero-order valence-corrected chi connectivity index (χ0v) is 34.3. The van der Waals surface area contributed by atoms with Gasteiger partial charge in [0.05, 0.1) is 0 Å². The molecule has 0 amide bonds. The predicted octanol–water partition coefficient (Wildman–Crippen LogP) is 17.7. The molecule has 0 aliphatic rings. The molecular weight excluding hydrogens is 761 g/mol. The Labute approximate surface area is 364 Å². The van der Waals surface area contributed by atoms with E-state index in [1.165, 1.54) is 98.4 Å². The highest BCUT2D eigenvalue weighted by Crippen LogP contribution is 2.45. The first kappa shape index (κ1) is 35.5. The van der Waals surface area contributed by atoms with Crippen LogP contribution in [0.4, 0.5) is 0 Å². The average Bonchev–Trinajstić information content (AvgIpc) is 3.74. The molecule has 0 radical (unpaired) electrons. The smallest absolute Gasteiger partial charge is 0.143 e. The van der Waals surface area contributed by atoms with Crippen molar-refractivity contribution < 1.29 is 4.42 Å². The lowest BCUT2D eigenvalue weighted by Gasteiger charge is -2.18. The second-order valence-electron chi connectivity index (χ2n) is 16.7. The van der Waals surface area contributed by atoms with Crippen LogP contribution in [-0.2, 0) is 0 Å². The van der Waals surface area contributed by atoms with Gasteiger partial charge in [-0.25, -0.2) is 0 Å². The van der Waals surface area contributed by atoms with Gasteiger partial charge in [-0.1, -0.05) is 212 Å². The monoisotopic (exact) mass is 798 g/mol. The van der Waals surface area contributed by atoms with Crippen molar-refractivity contribution in [1.82, 2.24) is 0 Å². The number of hydrogen-bond acceptors (Lipinski definition) is 1. The normalized spacial score (nSPS) is 11.8. The van der Waals surface area contributed by atoms with Gasteiger partial charge >= 0.3 is 0 Å². The van der Waals surface area contributed by atoms with Crippen LogP contribution in [-0.4, -0.2) is 0 Å². The largest absolute Gasteiger partial charge is 0.455 e. The van der Waals surface area contributed by atoms with Gasteiger partial charge in [-0.05, 0) is 122 Å². The van der Waals surface area contributed by atoms with Gasteiger partial charge in [-0.3, -0.25) is 0 Å². The van der Waals surface area contributed by atoms with E-state index < -0.39 is 0 Å². The summed E-state index contributed by atoms with van der Waals surface area (Å²) in [6, 6.07) is 84.3. The predicted molar refractivity (Wildman–Crippen MR) is 268 cm³/mol. The molecule has 1 nitrogen and oxygen atoms in total. The molecule has 1 heteroatoms. The molecule has 63 heavy (non-hydrogen) atoms. The van der Waals surface area contributed by atoms with Gasteiger partial charge in [-0.15, -0.1) is 0 Å². The van der Waals surface area contributed by atoms with E-state index in [0.29, 0.717) is 0 Å². The molecule has 0 saturated heterocycles. The second kappa shape index (κ2) is 14.2. The Morgan fingerprint density at radius 1 is 0.222 bits per heavy atom. The van der Waals surface area contributed by atoms with E-state index in [0.717, 1.165) is 33.1 Å². The average molecular weight is 799 g/mol. The van der Waals surface area contributed by atoms with Crippen molar-refractivity contribution in [2.45, 2.75) is 0 Å². The van der Waals surface area contributed by atoms with Gasteiger partial charge in [0.1, 0.15) is 11.2 Å². The minimum atomic E-state index is 0.921. The maximum absolute atomic E-state index is 6.40. The molecule has 1 aromatic heterocycles. The van der Waals surface area contributed by atoms with Crippen molar-refractivity contribution in [3.63, 3.8) is 0 Å². The lowest BCUT2D eigenvalue weighted by Crippen LogP contribution is -1.91. The summed E-state index contributed by atoms with van der Waals surface area (Å²) in [6.07, 6.45) is 0. The SMILES string of the molecule is c1ccc(-c2ccc(-c3c4ccccc4c(-c4ccc(-c5ccc6c(ccc7c8ccc(-c9cccc%10c9oc9ccccc9%10)cc8ccc67)c5)cc4)c4ccccc34)cc2)cc1.